The maximum atomic E-state index is 12.2. The van der Waals surface area contributed by atoms with Gasteiger partial charge in [-0.25, -0.2) is 0 Å². The van der Waals surface area contributed by atoms with Gasteiger partial charge in [0, 0.05) is 17.4 Å². The van der Waals surface area contributed by atoms with Gasteiger partial charge in [-0.2, -0.15) is 0 Å². The number of thioether (sulfide) groups is 1. The molecular formula is C15H22O2S. The van der Waals surface area contributed by atoms with Crippen LogP contribution in [0.3, 0.4) is 0 Å². The van der Waals surface area contributed by atoms with Crippen molar-refractivity contribution in [2.24, 2.45) is 0 Å². The highest BCUT2D eigenvalue weighted by molar-refractivity contribution is 8.01. The summed E-state index contributed by atoms with van der Waals surface area (Å²) in [6.45, 7) is 6.27. The Morgan fingerprint density at radius 3 is 2.39 bits per heavy atom. The molecule has 0 amide bonds. The summed E-state index contributed by atoms with van der Waals surface area (Å²) < 4.78 is 0. The van der Waals surface area contributed by atoms with Crippen LogP contribution in [-0.4, -0.2) is 28.0 Å². The minimum Gasteiger partial charge on any atom is -0.396 e. The average molecular weight is 266 g/mol. The largest absolute Gasteiger partial charge is 0.396 e. The minimum absolute atomic E-state index is 0.0565. The molecule has 0 aliphatic heterocycles. The number of ketones is 1. The van der Waals surface area contributed by atoms with Crippen LogP contribution in [0, 0.1) is 0 Å². The molecule has 0 saturated heterocycles. The molecule has 1 aromatic carbocycles. The van der Waals surface area contributed by atoms with Crippen molar-refractivity contribution >= 4 is 17.5 Å². The Bertz CT molecular complexity index is 373. The van der Waals surface area contributed by atoms with Crippen molar-refractivity contribution in [2.45, 2.75) is 44.1 Å². The third kappa shape index (κ3) is 4.46. The summed E-state index contributed by atoms with van der Waals surface area (Å²) in [7, 11) is 0. The van der Waals surface area contributed by atoms with E-state index in [-0.39, 0.29) is 17.6 Å². The molecular weight excluding hydrogens is 244 g/mol. The molecule has 2 atom stereocenters. The Morgan fingerprint density at radius 1 is 1.28 bits per heavy atom. The number of benzene rings is 1. The lowest BCUT2D eigenvalue weighted by molar-refractivity contribution is 0.0993. The summed E-state index contributed by atoms with van der Waals surface area (Å²) in [5.41, 5.74) is 2.03. The highest BCUT2D eigenvalue weighted by atomic mass is 32.2. The Morgan fingerprint density at radius 2 is 1.89 bits per heavy atom. The molecule has 0 aliphatic rings. The average Bonchev–Trinajstić information content (AvgIpc) is 2.38. The van der Waals surface area contributed by atoms with Gasteiger partial charge in [0.2, 0.25) is 0 Å². The number of aliphatic hydroxyl groups excluding tert-OH is 1. The molecule has 1 aromatic rings. The second-order valence-electron chi connectivity index (χ2n) is 4.52. The molecule has 1 rings (SSSR count). The molecule has 0 radical (unpaired) electrons. The fourth-order valence-corrected chi connectivity index (χ4v) is 3.00. The van der Waals surface area contributed by atoms with Gasteiger partial charge >= 0.3 is 0 Å². The van der Waals surface area contributed by atoms with E-state index >= 15 is 0 Å². The number of aryl methyl sites for hydroxylation is 1. The molecule has 2 nitrogen and oxygen atoms in total. The van der Waals surface area contributed by atoms with Gasteiger partial charge in [0.25, 0.3) is 0 Å². The first kappa shape index (κ1) is 15.3. The topological polar surface area (TPSA) is 37.3 Å². The van der Waals surface area contributed by atoms with Crippen molar-refractivity contribution in [3.8, 4) is 0 Å². The van der Waals surface area contributed by atoms with E-state index < -0.39 is 0 Å². The fraction of sp³-hybridized carbons (Fsp3) is 0.533. The summed E-state index contributed by atoms with van der Waals surface area (Å²) in [6.07, 6.45) is 1.73. The van der Waals surface area contributed by atoms with Crippen molar-refractivity contribution in [3.05, 3.63) is 35.4 Å². The maximum absolute atomic E-state index is 12.2. The molecule has 0 aromatic heterocycles. The predicted molar refractivity (Wildman–Crippen MR) is 78.4 cm³/mol. The van der Waals surface area contributed by atoms with Gasteiger partial charge in [0.1, 0.15) is 0 Å². The molecule has 1 N–H and O–H groups in total. The molecule has 0 spiro atoms. The van der Waals surface area contributed by atoms with Gasteiger partial charge in [-0.1, -0.05) is 38.1 Å². The second kappa shape index (κ2) is 7.59. The molecule has 0 aliphatic carbocycles. The Labute approximate surface area is 114 Å². The molecule has 0 fully saturated rings. The van der Waals surface area contributed by atoms with Crippen LogP contribution in [0.15, 0.2) is 24.3 Å². The van der Waals surface area contributed by atoms with E-state index in [0.29, 0.717) is 5.25 Å². The van der Waals surface area contributed by atoms with Crippen LogP contribution in [0.4, 0.5) is 0 Å². The number of rotatable bonds is 7. The quantitative estimate of drug-likeness (QED) is 0.769. The summed E-state index contributed by atoms with van der Waals surface area (Å²) >= 11 is 1.63. The standard InChI is InChI=1S/C15H22O2S/c1-4-13-5-7-14(8-6-13)15(17)12(3)18-11(2)9-10-16/h5-8,11-12,16H,4,9-10H2,1-3H3. The highest BCUT2D eigenvalue weighted by Crippen LogP contribution is 2.23. The predicted octanol–water partition coefficient (Wildman–Crippen LogP) is 3.32. The molecule has 3 heteroatoms. The molecule has 0 heterocycles. The molecule has 2 unspecified atom stereocenters. The lowest BCUT2D eigenvalue weighted by Crippen LogP contribution is -2.17. The number of hydrogen-bond donors (Lipinski definition) is 1. The van der Waals surface area contributed by atoms with Crippen LogP contribution in [0.25, 0.3) is 0 Å². The van der Waals surface area contributed by atoms with Crippen LogP contribution in [-0.2, 0) is 6.42 Å². The zero-order valence-electron chi connectivity index (χ0n) is 11.3. The van der Waals surface area contributed by atoms with Gasteiger partial charge in [-0.3, -0.25) is 4.79 Å². The zero-order chi connectivity index (χ0) is 13.5. The Kier molecular flexibility index (Phi) is 6.44. The van der Waals surface area contributed by atoms with E-state index in [9.17, 15) is 4.79 Å². The van der Waals surface area contributed by atoms with Gasteiger partial charge < -0.3 is 5.11 Å². The number of carbonyl (C=O) groups is 1. The van der Waals surface area contributed by atoms with Crippen LogP contribution in [0.1, 0.15) is 43.1 Å². The lowest BCUT2D eigenvalue weighted by atomic mass is 10.1. The highest BCUT2D eigenvalue weighted by Gasteiger charge is 2.18. The van der Waals surface area contributed by atoms with E-state index in [2.05, 4.69) is 6.92 Å². The molecule has 0 saturated carbocycles. The van der Waals surface area contributed by atoms with E-state index in [0.717, 1.165) is 18.4 Å². The third-order valence-corrected chi connectivity index (χ3v) is 4.31. The summed E-state index contributed by atoms with van der Waals surface area (Å²) in [4.78, 5) is 12.2. The van der Waals surface area contributed by atoms with Crippen molar-refractivity contribution in [1.82, 2.24) is 0 Å². The van der Waals surface area contributed by atoms with Crippen LogP contribution in [0.2, 0.25) is 0 Å². The van der Waals surface area contributed by atoms with Crippen LogP contribution >= 0.6 is 11.8 Å². The van der Waals surface area contributed by atoms with Gasteiger partial charge in [0.15, 0.2) is 5.78 Å². The first-order valence-electron chi connectivity index (χ1n) is 6.48. The minimum atomic E-state index is -0.0565. The Hall–Kier alpha value is -0.800. The monoisotopic (exact) mass is 266 g/mol. The summed E-state index contributed by atoms with van der Waals surface area (Å²) in [6, 6.07) is 7.85. The number of carbonyl (C=O) groups excluding carboxylic acids is 1. The lowest BCUT2D eigenvalue weighted by Gasteiger charge is -2.15. The SMILES string of the molecule is CCc1ccc(C(=O)C(C)SC(C)CCO)cc1. The van der Waals surface area contributed by atoms with E-state index in [4.69, 9.17) is 5.11 Å². The van der Waals surface area contributed by atoms with Crippen molar-refractivity contribution < 1.29 is 9.90 Å². The third-order valence-electron chi connectivity index (χ3n) is 2.99. The Balaban J connectivity index is 2.62. The first-order chi connectivity index (χ1) is 8.58. The normalized spacial score (nSPS) is 14.2. The second-order valence-corrected chi connectivity index (χ2v) is 6.30. The molecule has 100 valence electrons. The van der Waals surface area contributed by atoms with E-state index in [1.165, 1.54) is 5.56 Å². The van der Waals surface area contributed by atoms with Crippen LogP contribution < -0.4 is 0 Å². The first-order valence-corrected chi connectivity index (χ1v) is 7.42. The fourth-order valence-electron chi connectivity index (χ4n) is 1.80. The zero-order valence-corrected chi connectivity index (χ0v) is 12.2. The number of hydrogen-bond acceptors (Lipinski definition) is 3. The van der Waals surface area contributed by atoms with E-state index in [1.807, 2.05) is 38.1 Å². The van der Waals surface area contributed by atoms with Crippen LogP contribution in [0.5, 0.6) is 0 Å². The summed E-state index contributed by atoms with van der Waals surface area (Å²) in [5.74, 6) is 0.174. The number of aliphatic hydroxyl groups is 1. The number of Topliss-reactive ketones (excluding diaryl/α,β-unsaturated/α-hetero) is 1. The van der Waals surface area contributed by atoms with Gasteiger partial charge in [-0.15, -0.1) is 11.8 Å². The molecule has 18 heavy (non-hydrogen) atoms. The van der Waals surface area contributed by atoms with Gasteiger partial charge in [-0.05, 0) is 25.3 Å². The van der Waals surface area contributed by atoms with Crippen molar-refractivity contribution in [1.29, 1.82) is 0 Å². The van der Waals surface area contributed by atoms with Crippen molar-refractivity contribution in [3.63, 3.8) is 0 Å². The van der Waals surface area contributed by atoms with Gasteiger partial charge in [0.05, 0.1) is 5.25 Å². The van der Waals surface area contributed by atoms with Crippen molar-refractivity contribution in [2.75, 3.05) is 6.61 Å². The maximum Gasteiger partial charge on any atom is 0.175 e. The molecule has 0 bridgehead atoms. The van der Waals surface area contributed by atoms with E-state index in [1.54, 1.807) is 11.8 Å². The summed E-state index contributed by atoms with van der Waals surface area (Å²) in [5, 5.41) is 9.12. The smallest absolute Gasteiger partial charge is 0.175 e.